The lowest BCUT2D eigenvalue weighted by Crippen LogP contribution is -2.40. The molecule has 0 spiro atoms. The number of imidazole rings is 1. The number of fused-ring (bicyclic) bond motifs is 1. The molecule has 0 fully saturated rings. The van der Waals surface area contributed by atoms with Gasteiger partial charge in [0.25, 0.3) is 11.8 Å². The van der Waals surface area contributed by atoms with E-state index in [2.05, 4.69) is 15.9 Å². The zero-order valence-electron chi connectivity index (χ0n) is 19.1. The number of imide groups is 1. The number of carbonyl (C=O) groups is 2. The molecule has 6 nitrogen and oxygen atoms in total. The topological polar surface area (TPSA) is 64.3 Å². The molecule has 2 amide bonds. The number of hydrogen-bond acceptors (Lipinski definition) is 3. The summed E-state index contributed by atoms with van der Waals surface area (Å²) in [6.07, 6.45) is 0. The van der Waals surface area contributed by atoms with Gasteiger partial charge in [0, 0.05) is 33.1 Å². The first-order valence-corrected chi connectivity index (χ1v) is 11.8. The zero-order valence-corrected chi connectivity index (χ0v) is 20.7. The minimum atomic E-state index is -0.361. The Morgan fingerprint density at radius 3 is 1.97 bits per heavy atom. The van der Waals surface area contributed by atoms with Crippen LogP contribution in [0.1, 0.15) is 66.1 Å². The molecule has 5 rings (SSSR count). The van der Waals surface area contributed by atoms with Crippen LogP contribution in [-0.2, 0) is 0 Å². The first-order valence-electron chi connectivity index (χ1n) is 11.0. The molecule has 0 atom stereocenters. The average Bonchev–Trinajstić information content (AvgIpc) is 3.04. The predicted octanol–water partition coefficient (Wildman–Crippen LogP) is 5.99. The van der Waals surface area contributed by atoms with E-state index in [0.29, 0.717) is 27.7 Å². The van der Waals surface area contributed by atoms with E-state index in [9.17, 15) is 14.4 Å². The van der Waals surface area contributed by atoms with Gasteiger partial charge in [-0.25, -0.2) is 9.69 Å². The van der Waals surface area contributed by atoms with Crippen molar-refractivity contribution in [2.24, 2.45) is 0 Å². The zero-order chi connectivity index (χ0) is 23.8. The first kappa shape index (κ1) is 21.6. The molecule has 2 heterocycles. The number of carbonyl (C=O) groups excluding carboxylic acids is 2. The Kier molecular flexibility index (Phi) is 4.86. The van der Waals surface area contributed by atoms with Gasteiger partial charge in [0.05, 0.1) is 16.7 Å². The summed E-state index contributed by atoms with van der Waals surface area (Å²) in [6.45, 7) is 9.73. The normalized spacial score (nSPS) is 13.9. The summed E-state index contributed by atoms with van der Waals surface area (Å²) in [4.78, 5) is 41.7. The number of hydrogen-bond donors (Lipinski definition) is 0. The van der Waals surface area contributed by atoms with Crippen LogP contribution in [0.25, 0.3) is 21.8 Å². The van der Waals surface area contributed by atoms with E-state index in [4.69, 9.17) is 0 Å². The Labute approximate surface area is 199 Å². The Morgan fingerprint density at radius 1 is 0.788 bits per heavy atom. The summed E-state index contributed by atoms with van der Waals surface area (Å²) in [7, 11) is 0. The van der Waals surface area contributed by atoms with Gasteiger partial charge < -0.3 is 0 Å². The minimum absolute atomic E-state index is 0.0218. The van der Waals surface area contributed by atoms with Gasteiger partial charge in [-0.1, -0.05) is 28.1 Å². The lowest BCUT2D eigenvalue weighted by atomic mass is 9.93. The molecule has 1 aliphatic heterocycles. The van der Waals surface area contributed by atoms with E-state index >= 15 is 0 Å². The summed E-state index contributed by atoms with van der Waals surface area (Å²) in [5.41, 5.74) is 3.65. The van der Waals surface area contributed by atoms with E-state index in [-0.39, 0.29) is 29.6 Å². The molecule has 168 valence electrons. The van der Waals surface area contributed by atoms with Gasteiger partial charge in [-0.05, 0) is 75.9 Å². The second-order valence-corrected chi connectivity index (χ2v) is 9.96. The molecular formula is C26H24BrN3O3. The van der Waals surface area contributed by atoms with E-state index in [1.54, 1.807) is 21.3 Å². The van der Waals surface area contributed by atoms with Gasteiger partial charge in [-0.3, -0.25) is 18.7 Å². The van der Waals surface area contributed by atoms with E-state index in [1.807, 2.05) is 65.0 Å². The third kappa shape index (κ3) is 2.95. The summed E-state index contributed by atoms with van der Waals surface area (Å²) >= 11 is 3.53. The Hall–Kier alpha value is -3.19. The fraction of sp³-hybridized carbons (Fsp3) is 0.269. The van der Waals surface area contributed by atoms with Crippen LogP contribution < -0.4 is 10.6 Å². The monoisotopic (exact) mass is 505 g/mol. The van der Waals surface area contributed by atoms with Crippen molar-refractivity contribution in [2.75, 3.05) is 4.90 Å². The van der Waals surface area contributed by atoms with E-state index < -0.39 is 0 Å². The second kappa shape index (κ2) is 7.42. The van der Waals surface area contributed by atoms with Crippen molar-refractivity contribution in [3.8, 4) is 0 Å². The Bertz CT molecular complexity index is 1540. The maximum Gasteiger partial charge on any atom is 0.329 e. The highest BCUT2D eigenvalue weighted by Gasteiger charge is 2.35. The van der Waals surface area contributed by atoms with Gasteiger partial charge in [-0.15, -0.1) is 0 Å². The van der Waals surface area contributed by atoms with Gasteiger partial charge in [0.15, 0.2) is 0 Å². The van der Waals surface area contributed by atoms with Crippen molar-refractivity contribution in [3.05, 3.63) is 74.1 Å². The predicted molar refractivity (Wildman–Crippen MR) is 134 cm³/mol. The summed E-state index contributed by atoms with van der Waals surface area (Å²) < 4.78 is 4.33. The summed E-state index contributed by atoms with van der Waals surface area (Å²) in [6, 6.07) is 12.7. The van der Waals surface area contributed by atoms with Crippen molar-refractivity contribution < 1.29 is 9.59 Å². The van der Waals surface area contributed by atoms with Crippen LogP contribution in [0.15, 0.2) is 51.7 Å². The molecule has 0 N–H and O–H groups in total. The molecule has 0 unspecified atom stereocenters. The fourth-order valence-corrected chi connectivity index (χ4v) is 5.36. The molecule has 0 aliphatic carbocycles. The number of aromatic nitrogens is 2. The number of halogens is 1. The van der Waals surface area contributed by atoms with Gasteiger partial charge in [0.2, 0.25) is 0 Å². The van der Waals surface area contributed by atoms with Crippen LogP contribution in [0.2, 0.25) is 0 Å². The highest BCUT2D eigenvalue weighted by Crippen LogP contribution is 2.38. The van der Waals surface area contributed by atoms with Crippen LogP contribution in [0, 0.1) is 6.92 Å². The van der Waals surface area contributed by atoms with Crippen LogP contribution in [0.3, 0.4) is 0 Å². The van der Waals surface area contributed by atoms with Crippen LogP contribution >= 0.6 is 15.9 Å². The number of benzene rings is 3. The molecule has 0 radical (unpaired) electrons. The number of nitrogens with zero attached hydrogens (tertiary/aromatic N) is 3. The van der Waals surface area contributed by atoms with Gasteiger partial charge in [-0.2, -0.15) is 0 Å². The SMILES string of the molecule is Cc1cc2c(cc1N1C(=O)c3cccc4c(Br)ccc(c34)C1=O)n(C(C)C)c(=O)n2C(C)C. The molecule has 0 saturated heterocycles. The second-order valence-electron chi connectivity index (χ2n) is 9.11. The maximum absolute atomic E-state index is 13.6. The largest absolute Gasteiger partial charge is 0.329 e. The fourth-order valence-electron chi connectivity index (χ4n) is 4.90. The van der Waals surface area contributed by atoms with Crippen LogP contribution in [0.4, 0.5) is 5.69 Å². The van der Waals surface area contributed by atoms with Crippen molar-refractivity contribution >= 4 is 55.2 Å². The highest BCUT2D eigenvalue weighted by atomic mass is 79.9. The van der Waals surface area contributed by atoms with E-state index in [0.717, 1.165) is 20.9 Å². The molecule has 0 saturated carbocycles. The first-order chi connectivity index (χ1) is 15.6. The Balaban J connectivity index is 1.80. The number of rotatable bonds is 3. The maximum atomic E-state index is 13.6. The van der Waals surface area contributed by atoms with Crippen molar-refractivity contribution in [2.45, 2.75) is 46.7 Å². The molecule has 33 heavy (non-hydrogen) atoms. The molecule has 3 aromatic carbocycles. The molecule has 1 aliphatic rings. The van der Waals surface area contributed by atoms with Crippen molar-refractivity contribution in [1.29, 1.82) is 0 Å². The number of aryl methyl sites for hydroxylation is 1. The lowest BCUT2D eigenvalue weighted by molar-refractivity contribution is 0.0893. The molecule has 0 bridgehead atoms. The lowest BCUT2D eigenvalue weighted by Gasteiger charge is -2.29. The number of amides is 2. The van der Waals surface area contributed by atoms with E-state index in [1.165, 1.54) is 4.90 Å². The quantitative estimate of drug-likeness (QED) is 0.321. The molecule has 4 aromatic rings. The average molecular weight is 506 g/mol. The Morgan fingerprint density at radius 2 is 1.36 bits per heavy atom. The third-order valence-electron chi connectivity index (χ3n) is 6.35. The standard InChI is InChI=1S/C26H24BrN3O3/c1-13(2)28-21-11-15(5)20(12-22(21)29(14(3)4)26(28)33)30-24(31)17-8-6-7-16-19(27)10-9-18(23(16)17)25(30)32/h6-14H,1-5H3. The molecule has 1 aromatic heterocycles. The number of anilines is 1. The van der Waals surface area contributed by atoms with Crippen LogP contribution in [0.5, 0.6) is 0 Å². The third-order valence-corrected chi connectivity index (χ3v) is 7.04. The smallest absolute Gasteiger partial charge is 0.289 e. The minimum Gasteiger partial charge on any atom is -0.289 e. The van der Waals surface area contributed by atoms with Gasteiger partial charge in [0.1, 0.15) is 0 Å². The summed E-state index contributed by atoms with van der Waals surface area (Å²) in [5, 5.41) is 1.50. The van der Waals surface area contributed by atoms with Crippen molar-refractivity contribution in [1.82, 2.24) is 9.13 Å². The van der Waals surface area contributed by atoms with Gasteiger partial charge >= 0.3 is 5.69 Å². The van der Waals surface area contributed by atoms with Crippen LogP contribution in [-0.4, -0.2) is 20.9 Å². The molecule has 7 heteroatoms. The molecular weight excluding hydrogens is 482 g/mol. The van der Waals surface area contributed by atoms with Crippen molar-refractivity contribution in [3.63, 3.8) is 0 Å². The summed E-state index contributed by atoms with van der Waals surface area (Å²) in [5.74, 6) is -0.722. The highest BCUT2D eigenvalue weighted by molar-refractivity contribution is 9.10.